The van der Waals surface area contributed by atoms with E-state index in [2.05, 4.69) is 4.98 Å². The summed E-state index contributed by atoms with van der Waals surface area (Å²) in [6.07, 6.45) is 0.890. The third-order valence-corrected chi connectivity index (χ3v) is 3.49. The third kappa shape index (κ3) is 2.71. The zero-order valence-corrected chi connectivity index (χ0v) is 11.0. The van der Waals surface area contributed by atoms with Crippen LogP contribution in [0.5, 0.6) is 0 Å². The van der Waals surface area contributed by atoms with Gasteiger partial charge >= 0.3 is 0 Å². The van der Waals surface area contributed by atoms with Crippen molar-refractivity contribution in [1.29, 1.82) is 0 Å². The van der Waals surface area contributed by atoms with Crippen molar-refractivity contribution in [1.82, 2.24) is 4.98 Å². The predicted molar refractivity (Wildman–Crippen MR) is 75.1 cm³/mol. The van der Waals surface area contributed by atoms with Crippen LogP contribution in [0.2, 0.25) is 0 Å². The van der Waals surface area contributed by atoms with E-state index in [4.69, 9.17) is 5.73 Å². The Morgan fingerprint density at radius 1 is 1.37 bits per heavy atom. The molecule has 5 nitrogen and oxygen atoms in total. The second-order valence-electron chi connectivity index (χ2n) is 4.73. The van der Waals surface area contributed by atoms with Gasteiger partial charge in [0.15, 0.2) is 0 Å². The zero-order chi connectivity index (χ0) is 14.0. The Hall–Kier alpha value is -2.01. The van der Waals surface area contributed by atoms with Crippen LogP contribution in [0.4, 0.5) is 5.69 Å². The van der Waals surface area contributed by atoms with Crippen molar-refractivity contribution in [2.75, 3.05) is 0 Å². The molecular formula is C14H17N3O2. The fourth-order valence-electron chi connectivity index (χ4n) is 2.07. The van der Waals surface area contributed by atoms with Crippen molar-refractivity contribution in [3.63, 3.8) is 0 Å². The van der Waals surface area contributed by atoms with Crippen LogP contribution in [0.25, 0.3) is 10.9 Å². The van der Waals surface area contributed by atoms with Gasteiger partial charge in [0.2, 0.25) is 0 Å². The molecule has 5 heteroatoms. The molecule has 2 rings (SSSR count). The van der Waals surface area contributed by atoms with Crippen LogP contribution in [0.15, 0.2) is 30.3 Å². The number of nitrogens with two attached hydrogens (primary N) is 1. The molecule has 0 aliphatic rings. The number of nitrogens with zero attached hydrogens (tertiary/aromatic N) is 2. The van der Waals surface area contributed by atoms with E-state index < -0.39 is 4.92 Å². The van der Waals surface area contributed by atoms with E-state index in [0.29, 0.717) is 0 Å². The number of fused-ring (bicyclic) bond motifs is 1. The van der Waals surface area contributed by atoms with Gasteiger partial charge in [-0.3, -0.25) is 15.1 Å². The molecule has 2 unspecified atom stereocenters. The molecule has 0 amide bonds. The smallest absolute Gasteiger partial charge is 0.270 e. The van der Waals surface area contributed by atoms with E-state index >= 15 is 0 Å². The Balaban J connectivity index is 2.42. The summed E-state index contributed by atoms with van der Waals surface area (Å²) in [5.41, 5.74) is 7.80. The van der Waals surface area contributed by atoms with Gasteiger partial charge in [-0.2, -0.15) is 0 Å². The number of rotatable bonds is 4. The van der Waals surface area contributed by atoms with Crippen molar-refractivity contribution < 1.29 is 4.92 Å². The van der Waals surface area contributed by atoms with Gasteiger partial charge in [0.05, 0.1) is 10.4 Å². The molecule has 2 aromatic rings. The molecule has 2 atom stereocenters. The van der Waals surface area contributed by atoms with Gasteiger partial charge in [0.1, 0.15) is 0 Å². The van der Waals surface area contributed by atoms with Gasteiger partial charge in [-0.05, 0) is 18.6 Å². The maximum atomic E-state index is 10.7. The Morgan fingerprint density at radius 3 is 2.74 bits per heavy atom. The highest BCUT2D eigenvalue weighted by Gasteiger charge is 2.15. The van der Waals surface area contributed by atoms with E-state index in [-0.39, 0.29) is 17.6 Å². The lowest BCUT2D eigenvalue weighted by Crippen LogP contribution is -2.26. The molecule has 0 aliphatic heterocycles. The van der Waals surface area contributed by atoms with Crippen LogP contribution >= 0.6 is 0 Å². The number of aromatic nitrogens is 1. The summed E-state index contributed by atoms with van der Waals surface area (Å²) in [7, 11) is 0. The predicted octanol–water partition coefficient (Wildman–Crippen LogP) is 2.98. The summed E-state index contributed by atoms with van der Waals surface area (Å²) in [4.78, 5) is 14.9. The second kappa shape index (κ2) is 5.32. The van der Waals surface area contributed by atoms with Crippen molar-refractivity contribution in [3.05, 3.63) is 46.1 Å². The van der Waals surface area contributed by atoms with Crippen LogP contribution in [0.3, 0.4) is 0 Å². The average Bonchev–Trinajstić information content (AvgIpc) is 2.44. The topological polar surface area (TPSA) is 82.0 Å². The highest BCUT2D eigenvalue weighted by atomic mass is 16.6. The van der Waals surface area contributed by atoms with E-state index in [1.807, 2.05) is 26.0 Å². The molecule has 1 aromatic heterocycles. The Bertz CT molecular complexity index is 613. The number of nitro groups is 1. The molecule has 19 heavy (non-hydrogen) atoms. The highest BCUT2D eigenvalue weighted by Crippen LogP contribution is 2.23. The average molecular weight is 259 g/mol. The first-order valence-electron chi connectivity index (χ1n) is 6.33. The minimum absolute atomic E-state index is 0.0722. The molecule has 0 radical (unpaired) electrons. The number of hydrogen-bond acceptors (Lipinski definition) is 4. The SMILES string of the molecule is CCC(N)C(C)c1ccc2cc([N+](=O)[O-])ccc2n1. The summed E-state index contributed by atoms with van der Waals surface area (Å²) >= 11 is 0. The number of non-ortho nitro benzene ring substituents is 1. The third-order valence-electron chi connectivity index (χ3n) is 3.49. The molecule has 0 saturated carbocycles. The number of hydrogen-bond donors (Lipinski definition) is 1. The van der Waals surface area contributed by atoms with E-state index in [9.17, 15) is 10.1 Å². The quantitative estimate of drug-likeness (QED) is 0.676. The lowest BCUT2D eigenvalue weighted by molar-refractivity contribution is -0.384. The highest BCUT2D eigenvalue weighted by molar-refractivity contribution is 5.81. The first-order valence-corrected chi connectivity index (χ1v) is 6.33. The van der Waals surface area contributed by atoms with Crippen molar-refractivity contribution in [2.24, 2.45) is 5.73 Å². The molecule has 0 saturated heterocycles. The number of pyridine rings is 1. The zero-order valence-electron chi connectivity index (χ0n) is 11.0. The molecular weight excluding hydrogens is 242 g/mol. The number of nitro benzene ring substituents is 1. The summed E-state index contributed by atoms with van der Waals surface area (Å²) in [6.45, 7) is 4.10. The maximum Gasteiger partial charge on any atom is 0.270 e. The molecule has 0 spiro atoms. The summed E-state index contributed by atoms with van der Waals surface area (Å²) in [5.74, 6) is 0.171. The summed E-state index contributed by atoms with van der Waals surface area (Å²) < 4.78 is 0. The van der Waals surface area contributed by atoms with Crippen molar-refractivity contribution in [2.45, 2.75) is 32.2 Å². The molecule has 0 bridgehead atoms. The lowest BCUT2D eigenvalue weighted by atomic mass is 9.96. The van der Waals surface area contributed by atoms with Crippen LogP contribution in [0, 0.1) is 10.1 Å². The van der Waals surface area contributed by atoms with Crippen LogP contribution in [0.1, 0.15) is 31.9 Å². The molecule has 0 fully saturated rings. The van der Waals surface area contributed by atoms with E-state index in [1.54, 1.807) is 6.07 Å². The van der Waals surface area contributed by atoms with Gasteiger partial charge in [0.25, 0.3) is 5.69 Å². The first kappa shape index (κ1) is 13.4. The normalized spacial score (nSPS) is 14.3. The first-order chi connectivity index (χ1) is 9.02. The minimum atomic E-state index is -0.400. The summed E-state index contributed by atoms with van der Waals surface area (Å²) in [6, 6.07) is 8.53. The van der Waals surface area contributed by atoms with Crippen LogP contribution in [-0.4, -0.2) is 15.9 Å². The van der Waals surface area contributed by atoms with Gasteiger partial charge in [0, 0.05) is 35.2 Å². The minimum Gasteiger partial charge on any atom is -0.327 e. The van der Waals surface area contributed by atoms with Gasteiger partial charge < -0.3 is 5.73 Å². The van der Waals surface area contributed by atoms with E-state index in [0.717, 1.165) is 23.0 Å². The monoisotopic (exact) mass is 259 g/mol. The fraction of sp³-hybridized carbons (Fsp3) is 0.357. The van der Waals surface area contributed by atoms with Crippen LogP contribution < -0.4 is 5.73 Å². The van der Waals surface area contributed by atoms with Gasteiger partial charge in [-0.1, -0.05) is 19.9 Å². The van der Waals surface area contributed by atoms with E-state index in [1.165, 1.54) is 12.1 Å². The van der Waals surface area contributed by atoms with Gasteiger partial charge in [-0.15, -0.1) is 0 Å². The molecule has 2 N–H and O–H groups in total. The molecule has 0 aliphatic carbocycles. The Labute approximate surface area is 111 Å². The maximum absolute atomic E-state index is 10.7. The standard InChI is InChI=1S/C14H17N3O2/c1-3-12(15)9(2)13-6-4-10-8-11(17(18)19)5-7-14(10)16-13/h4-9,12H,3,15H2,1-2H3. The largest absolute Gasteiger partial charge is 0.327 e. The fourth-order valence-corrected chi connectivity index (χ4v) is 2.07. The summed E-state index contributed by atoms with van der Waals surface area (Å²) in [5, 5.41) is 11.5. The van der Waals surface area contributed by atoms with Gasteiger partial charge in [-0.25, -0.2) is 0 Å². The number of benzene rings is 1. The molecule has 1 aromatic carbocycles. The van der Waals surface area contributed by atoms with Crippen LogP contribution in [-0.2, 0) is 0 Å². The Kier molecular flexibility index (Phi) is 3.76. The molecule has 1 heterocycles. The van der Waals surface area contributed by atoms with Crippen molar-refractivity contribution in [3.8, 4) is 0 Å². The second-order valence-corrected chi connectivity index (χ2v) is 4.73. The molecule has 100 valence electrons. The van der Waals surface area contributed by atoms with Crippen molar-refractivity contribution >= 4 is 16.6 Å². The Morgan fingerprint density at radius 2 is 2.11 bits per heavy atom. The lowest BCUT2D eigenvalue weighted by Gasteiger charge is -2.17.